The van der Waals surface area contributed by atoms with E-state index in [2.05, 4.69) is 17.2 Å². The molecular weight excluding hydrogens is 554 g/mol. The van der Waals surface area contributed by atoms with Crippen LogP contribution in [0.5, 0.6) is 0 Å². The second kappa shape index (κ2) is 27.9. The zero-order valence-corrected chi connectivity index (χ0v) is 26.5. The van der Waals surface area contributed by atoms with Gasteiger partial charge in [0.25, 0.3) is 0 Å². The van der Waals surface area contributed by atoms with E-state index in [4.69, 9.17) is 23.7 Å². The number of imide groups is 1. The van der Waals surface area contributed by atoms with Crippen LogP contribution in [0.4, 0.5) is 14.4 Å². The number of ether oxygens (including phenoxy) is 5. The number of rotatable bonds is 26. The van der Waals surface area contributed by atoms with Gasteiger partial charge in [0.05, 0.1) is 45.3 Å². The highest BCUT2D eigenvalue weighted by Crippen LogP contribution is 2.12. The van der Waals surface area contributed by atoms with Crippen molar-refractivity contribution in [3.63, 3.8) is 0 Å². The summed E-state index contributed by atoms with van der Waals surface area (Å²) in [5, 5.41) is 2.77. The maximum Gasteiger partial charge on any atom is 0.419 e. The third kappa shape index (κ3) is 22.3. The lowest BCUT2D eigenvalue weighted by atomic mass is 10.0. The van der Waals surface area contributed by atoms with Crippen LogP contribution in [0.3, 0.4) is 0 Å². The summed E-state index contributed by atoms with van der Waals surface area (Å²) in [6.07, 6.45) is 16.3. The van der Waals surface area contributed by atoms with Crippen LogP contribution in [0.15, 0.2) is 24.4 Å². The van der Waals surface area contributed by atoms with Gasteiger partial charge in [-0.15, -0.1) is 0 Å². The predicted octanol–water partition coefficient (Wildman–Crippen LogP) is 7.03. The number of hydrogen-bond acceptors (Lipinski definition) is 9. The zero-order chi connectivity index (χ0) is 31.2. The van der Waals surface area contributed by atoms with Crippen LogP contribution in [-0.4, -0.2) is 81.0 Å². The van der Waals surface area contributed by atoms with Crippen molar-refractivity contribution in [1.82, 2.24) is 15.2 Å². The van der Waals surface area contributed by atoms with E-state index in [0.29, 0.717) is 18.8 Å². The first-order valence-electron chi connectivity index (χ1n) is 16.2. The second-order valence-electron chi connectivity index (χ2n) is 10.3. The Bertz CT molecular complexity index is 828. The normalized spacial score (nSPS) is 10.7. The lowest BCUT2D eigenvalue weighted by Crippen LogP contribution is -2.38. The molecule has 0 aromatic carbocycles. The van der Waals surface area contributed by atoms with Gasteiger partial charge in [-0.1, -0.05) is 90.0 Å². The number of unbranched alkanes of at least 4 members (excludes halogenated alkanes) is 12. The molecule has 1 aromatic rings. The van der Waals surface area contributed by atoms with Gasteiger partial charge in [-0.2, -0.15) is 0 Å². The highest BCUT2D eigenvalue weighted by molar-refractivity contribution is 5.87. The minimum Gasteiger partial charge on any atom is -0.449 e. The van der Waals surface area contributed by atoms with Gasteiger partial charge in [-0.3, -0.25) is 4.98 Å². The molecule has 0 saturated heterocycles. The number of nitrogens with one attached hydrogen (secondary N) is 1. The fourth-order valence-corrected chi connectivity index (χ4v) is 4.22. The lowest BCUT2D eigenvalue weighted by Gasteiger charge is -2.19. The largest absolute Gasteiger partial charge is 0.449 e. The van der Waals surface area contributed by atoms with Crippen molar-refractivity contribution >= 4 is 18.3 Å². The Balaban J connectivity index is 1.92. The van der Waals surface area contributed by atoms with Gasteiger partial charge in [0, 0.05) is 12.7 Å². The molecule has 0 aliphatic heterocycles. The van der Waals surface area contributed by atoms with Crippen molar-refractivity contribution < 1.29 is 38.1 Å². The summed E-state index contributed by atoms with van der Waals surface area (Å²) >= 11 is 0. The zero-order valence-electron chi connectivity index (χ0n) is 26.5. The van der Waals surface area contributed by atoms with Crippen LogP contribution in [-0.2, 0) is 30.2 Å². The third-order valence-electron chi connectivity index (χ3n) is 6.59. The number of pyridine rings is 1. The van der Waals surface area contributed by atoms with Gasteiger partial charge < -0.3 is 29.0 Å². The smallest absolute Gasteiger partial charge is 0.419 e. The van der Waals surface area contributed by atoms with E-state index >= 15 is 0 Å². The van der Waals surface area contributed by atoms with Crippen LogP contribution in [0.25, 0.3) is 0 Å². The minimum absolute atomic E-state index is 0.0422. The second-order valence-corrected chi connectivity index (χ2v) is 10.3. The number of alkyl carbamates (subject to hydrolysis) is 1. The minimum atomic E-state index is -0.839. The number of carbonyl (C=O) groups excluding carboxylic acids is 3. The molecule has 3 amide bonds. The molecule has 11 nitrogen and oxygen atoms in total. The summed E-state index contributed by atoms with van der Waals surface area (Å²) in [6, 6.07) is 5.19. The highest BCUT2D eigenvalue weighted by atomic mass is 16.6. The average Bonchev–Trinajstić information content (AvgIpc) is 3.01. The van der Waals surface area contributed by atoms with Gasteiger partial charge in [0.2, 0.25) is 0 Å². The number of aromatic nitrogens is 1. The summed E-state index contributed by atoms with van der Waals surface area (Å²) in [7, 11) is 0. The Labute approximate surface area is 258 Å². The number of nitrogens with zero attached hydrogens (tertiary/aromatic N) is 2. The van der Waals surface area contributed by atoms with Gasteiger partial charge in [-0.25, -0.2) is 19.3 Å². The van der Waals surface area contributed by atoms with E-state index < -0.39 is 18.3 Å². The first kappa shape index (κ1) is 38.1. The Morgan fingerprint density at radius 3 is 1.77 bits per heavy atom. The van der Waals surface area contributed by atoms with Gasteiger partial charge in [-0.05, 0) is 25.5 Å². The molecule has 0 atom stereocenters. The van der Waals surface area contributed by atoms with Crippen molar-refractivity contribution in [2.24, 2.45) is 0 Å². The summed E-state index contributed by atoms with van der Waals surface area (Å²) < 4.78 is 25.9. The van der Waals surface area contributed by atoms with Crippen molar-refractivity contribution in [2.75, 3.05) is 52.8 Å². The molecule has 246 valence electrons. The van der Waals surface area contributed by atoms with Crippen LogP contribution in [0, 0.1) is 0 Å². The number of carbonyl (C=O) groups is 3. The quantitative estimate of drug-likeness (QED) is 0.0870. The standard InChI is InChI=1S/C32H55N3O8/c1-3-5-6-7-8-9-10-11-12-13-14-15-17-21-34-30(36)42-26-24-39-22-23-40-25-27-43-32(38)35(31(37)41-4-2)28-29-19-16-18-20-33-29/h16,18-20H,3-15,17,21-28H2,1-2H3,(H,34,36). The summed E-state index contributed by atoms with van der Waals surface area (Å²) in [5.74, 6) is 0. The molecule has 1 rings (SSSR count). The molecular formula is C32H55N3O8. The molecule has 1 heterocycles. The maximum atomic E-state index is 12.4. The van der Waals surface area contributed by atoms with Gasteiger partial charge >= 0.3 is 18.3 Å². The van der Waals surface area contributed by atoms with Crippen molar-refractivity contribution in [1.29, 1.82) is 0 Å². The van der Waals surface area contributed by atoms with E-state index in [1.165, 1.54) is 70.6 Å². The SMILES string of the molecule is CCCCCCCCCCCCCCCNC(=O)OCCOCCOCCOC(=O)N(Cc1ccccn1)C(=O)OCC. The maximum absolute atomic E-state index is 12.4. The molecule has 1 aromatic heterocycles. The van der Waals surface area contributed by atoms with E-state index in [9.17, 15) is 14.4 Å². The highest BCUT2D eigenvalue weighted by Gasteiger charge is 2.25. The summed E-state index contributed by atoms with van der Waals surface area (Å²) in [4.78, 5) is 41.2. The molecule has 11 heteroatoms. The van der Waals surface area contributed by atoms with Crippen molar-refractivity contribution in [2.45, 2.75) is 104 Å². The van der Waals surface area contributed by atoms with E-state index in [1.54, 1.807) is 31.3 Å². The molecule has 0 spiro atoms. The van der Waals surface area contributed by atoms with Gasteiger partial charge in [0.15, 0.2) is 0 Å². The third-order valence-corrected chi connectivity index (χ3v) is 6.59. The summed E-state index contributed by atoms with van der Waals surface area (Å²) in [6.45, 7) is 5.67. The monoisotopic (exact) mass is 609 g/mol. The van der Waals surface area contributed by atoms with E-state index in [0.717, 1.165) is 17.7 Å². The predicted molar refractivity (Wildman–Crippen MR) is 165 cm³/mol. The Kier molecular flexibility index (Phi) is 24.7. The van der Waals surface area contributed by atoms with E-state index in [-0.39, 0.29) is 46.2 Å². The molecule has 0 aliphatic carbocycles. The van der Waals surface area contributed by atoms with E-state index in [1.807, 2.05) is 0 Å². The number of amides is 3. The first-order chi connectivity index (χ1) is 21.1. The molecule has 0 aliphatic rings. The van der Waals surface area contributed by atoms with Crippen LogP contribution in [0.2, 0.25) is 0 Å². The fraction of sp³-hybridized carbons (Fsp3) is 0.750. The molecule has 1 N–H and O–H groups in total. The van der Waals surface area contributed by atoms with Crippen molar-refractivity contribution in [3.8, 4) is 0 Å². The van der Waals surface area contributed by atoms with Crippen LogP contribution in [0.1, 0.15) is 103 Å². The molecule has 0 unspecified atom stereocenters. The number of hydrogen-bond donors (Lipinski definition) is 1. The topological polar surface area (TPSA) is 126 Å². The summed E-state index contributed by atoms with van der Waals surface area (Å²) in [5.41, 5.74) is 0.525. The van der Waals surface area contributed by atoms with Gasteiger partial charge in [0.1, 0.15) is 13.2 Å². The van der Waals surface area contributed by atoms with Crippen LogP contribution < -0.4 is 5.32 Å². The molecule has 43 heavy (non-hydrogen) atoms. The fourth-order valence-electron chi connectivity index (χ4n) is 4.22. The molecule has 0 fully saturated rings. The molecule has 0 radical (unpaired) electrons. The molecule has 0 bridgehead atoms. The average molecular weight is 610 g/mol. The van der Waals surface area contributed by atoms with Crippen molar-refractivity contribution in [3.05, 3.63) is 30.1 Å². The first-order valence-corrected chi connectivity index (χ1v) is 16.2. The Hall–Kier alpha value is -2.92. The van der Waals surface area contributed by atoms with Crippen LogP contribution >= 0.6 is 0 Å². The lowest BCUT2D eigenvalue weighted by molar-refractivity contribution is 0.0110. The Morgan fingerprint density at radius 2 is 1.21 bits per heavy atom. The molecule has 0 saturated carbocycles. The Morgan fingerprint density at radius 1 is 0.674 bits per heavy atom.